The first-order valence-corrected chi connectivity index (χ1v) is 12.8. The van der Waals surface area contributed by atoms with Crippen LogP contribution in [-0.4, -0.2) is 56.5 Å². The van der Waals surface area contributed by atoms with Crippen molar-refractivity contribution in [3.63, 3.8) is 0 Å². The van der Waals surface area contributed by atoms with Gasteiger partial charge in [-0.15, -0.1) is 0 Å². The molecule has 4 aromatic rings. The number of carbonyl (C=O) groups is 5. The van der Waals surface area contributed by atoms with Gasteiger partial charge in [0.2, 0.25) is 6.79 Å². The molecule has 0 bridgehead atoms. The van der Waals surface area contributed by atoms with Crippen LogP contribution in [0.15, 0.2) is 85.5 Å². The Balaban J connectivity index is 1.28. The molecular formula is C32H26O10. The van der Waals surface area contributed by atoms with Gasteiger partial charge in [-0.1, -0.05) is 30.8 Å². The Labute approximate surface area is 240 Å². The zero-order valence-corrected chi connectivity index (χ0v) is 22.6. The Bertz CT molecular complexity index is 1690. The average Bonchev–Trinajstić information content (AvgIpc) is 3.01. The Morgan fingerprint density at radius 3 is 1.26 bits per heavy atom. The molecule has 0 aromatic heterocycles. The monoisotopic (exact) mass is 570 g/mol. The highest BCUT2D eigenvalue weighted by molar-refractivity contribution is 6.00. The van der Waals surface area contributed by atoms with Crippen LogP contribution in [0, 0.1) is 0 Å². The number of benzene rings is 4. The zero-order chi connectivity index (χ0) is 30.1. The van der Waals surface area contributed by atoms with Gasteiger partial charge in [-0.25, -0.2) is 24.0 Å². The Morgan fingerprint density at radius 2 is 0.905 bits per heavy atom. The van der Waals surface area contributed by atoms with Crippen LogP contribution in [0.3, 0.4) is 0 Å². The normalized spacial score (nSPS) is 10.5. The Hall–Kier alpha value is -5.51. The molecule has 0 aliphatic carbocycles. The van der Waals surface area contributed by atoms with Gasteiger partial charge in [-0.3, -0.25) is 0 Å². The fourth-order valence-corrected chi connectivity index (χ4v) is 3.93. The summed E-state index contributed by atoms with van der Waals surface area (Å²) < 4.78 is 25.0. The molecule has 0 amide bonds. The van der Waals surface area contributed by atoms with Gasteiger partial charge in [0.05, 0.1) is 28.9 Å². The topological polar surface area (TPSA) is 132 Å². The van der Waals surface area contributed by atoms with Gasteiger partial charge in [0, 0.05) is 6.08 Å². The van der Waals surface area contributed by atoms with E-state index in [-0.39, 0.29) is 30.9 Å². The van der Waals surface area contributed by atoms with Crippen molar-refractivity contribution >= 4 is 51.4 Å². The number of hydrogen-bond acceptors (Lipinski definition) is 10. The highest BCUT2D eigenvalue weighted by Crippen LogP contribution is 2.21. The molecule has 0 N–H and O–H groups in total. The third-order valence-corrected chi connectivity index (χ3v) is 6.01. The van der Waals surface area contributed by atoms with E-state index in [4.69, 9.17) is 18.9 Å². The summed E-state index contributed by atoms with van der Waals surface area (Å²) in [6.45, 7) is 4.42. The van der Waals surface area contributed by atoms with Crippen molar-refractivity contribution in [2.45, 2.75) is 6.92 Å². The van der Waals surface area contributed by atoms with E-state index in [1.165, 1.54) is 6.07 Å². The van der Waals surface area contributed by atoms with Gasteiger partial charge in [-0.2, -0.15) is 0 Å². The molecule has 42 heavy (non-hydrogen) atoms. The Morgan fingerprint density at radius 1 is 0.548 bits per heavy atom. The van der Waals surface area contributed by atoms with Gasteiger partial charge in [0.15, 0.2) is 0 Å². The number of rotatable bonds is 11. The molecule has 214 valence electrons. The first-order chi connectivity index (χ1) is 20.3. The molecule has 0 spiro atoms. The molecule has 0 heterocycles. The smallest absolute Gasteiger partial charge is 0.341 e. The van der Waals surface area contributed by atoms with Gasteiger partial charge in [0.1, 0.15) is 13.2 Å². The summed E-state index contributed by atoms with van der Waals surface area (Å²) in [7, 11) is 0. The van der Waals surface area contributed by atoms with Crippen LogP contribution in [-0.2, 0) is 28.5 Å². The van der Waals surface area contributed by atoms with Gasteiger partial charge in [0.25, 0.3) is 0 Å². The minimum absolute atomic E-state index is 0.147. The predicted molar refractivity (Wildman–Crippen MR) is 151 cm³/mol. The second-order valence-electron chi connectivity index (χ2n) is 8.76. The molecule has 10 heteroatoms. The van der Waals surface area contributed by atoms with Crippen molar-refractivity contribution in [1.29, 1.82) is 0 Å². The molecule has 0 radical (unpaired) electrons. The van der Waals surface area contributed by atoms with E-state index < -0.39 is 36.6 Å². The number of esters is 5. The summed E-state index contributed by atoms with van der Waals surface area (Å²) >= 11 is 0. The predicted octanol–water partition coefficient (Wildman–Crippen LogP) is 5.03. The van der Waals surface area contributed by atoms with Gasteiger partial charge < -0.3 is 23.7 Å². The molecule has 4 aromatic carbocycles. The van der Waals surface area contributed by atoms with Crippen LogP contribution >= 0.6 is 0 Å². The summed E-state index contributed by atoms with van der Waals surface area (Å²) in [6.07, 6.45) is 0.956. The number of ether oxygens (including phenoxy) is 5. The van der Waals surface area contributed by atoms with Crippen molar-refractivity contribution in [3.8, 4) is 0 Å². The minimum atomic E-state index is -0.711. The highest BCUT2D eigenvalue weighted by Gasteiger charge is 2.14. The number of carbonyl (C=O) groups excluding carboxylic acids is 5. The summed E-state index contributed by atoms with van der Waals surface area (Å²) in [5.74, 6) is -3.00. The summed E-state index contributed by atoms with van der Waals surface area (Å²) in [5.41, 5.74) is 1.25. The van der Waals surface area contributed by atoms with Crippen LogP contribution in [0.1, 0.15) is 48.4 Å². The van der Waals surface area contributed by atoms with E-state index >= 15 is 0 Å². The van der Waals surface area contributed by atoms with E-state index in [9.17, 15) is 24.0 Å². The first-order valence-electron chi connectivity index (χ1n) is 12.8. The number of fused-ring (bicyclic) bond motifs is 2. The van der Waals surface area contributed by atoms with Crippen molar-refractivity contribution in [2.24, 2.45) is 0 Å². The van der Waals surface area contributed by atoms with E-state index in [2.05, 4.69) is 11.3 Å². The number of hydrogen-bond donors (Lipinski definition) is 0. The third-order valence-electron chi connectivity index (χ3n) is 6.01. The lowest BCUT2D eigenvalue weighted by Crippen LogP contribution is -2.14. The largest absolute Gasteiger partial charge is 0.462 e. The molecular weight excluding hydrogens is 544 g/mol. The maximum Gasteiger partial charge on any atom is 0.341 e. The van der Waals surface area contributed by atoms with Crippen molar-refractivity contribution in [1.82, 2.24) is 0 Å². The molecule has 10 nitrogen and oxygen atoms in total. The average molecular weight is 571 g/mol. The fraction of sp³-hybridized carbons (Fsp3) is 0.156. The lowest BCUT2D eigenvalue weighted by Gasteiger charge is -2.09. The van der Waals surface area contributed by atoms with Crippen LogP contribution in [0.25, 0.3) is 21.5 Å². The highest BCUT2D eigenvalue weighted by atomic mass is 16.7. The molecule has 0 atom stereocenters. The van der Waals surface area contributed by atoms with Crippen LogP contribution in [0.4, 0.5) is 0 Å². The van der Waals surface area contributed by atoms with E-state index in [0.29, 0.717) is 21.9 Å². The fourth-order valence-electron chi connectivity index (χ4n) is 3.93. The Kier molecular flexibility index (Phi) is 9.62. The van der Waals surface area contributed by atoms with E-state index in [1.54, 1.807) is 73.7 Å². The molecule has 0 saturated heterocycles. The van der Waals surface area contributed by atoms with Crippen LogP contribution in [0.5, 0.6) is 0 Å². The quantitative estimate of drug-likeness (QED) is 0.0795. The second kappa shape index (κ2) is 13.7. The summed E-state index contributed by atoms with van der Waals surface area (Å²) in [4.78, 5) is 60.2. The van der Waals surface area contributed by atoms with Crippen molar-refractivity contribution in [2.75, 3.05) is 26.6 Å². The summed E-state index contributed by atoms with van der Waals surface area (Å²) in [6, 6.07) is 19.5. The standard InChI is InChI=1S/C32H26O10/c1-3-28(33)41-19-42-32(37)27-12-8-22-17-26(11-7-23(22)18-27)31(36)40-14-13-39-30(35)25-10-6-20-15-24(29(34)38-4-2)9-5-21(20)16-25/h3,5-12,15-18H,1,4,13-14,19H2,2H3. The molecule has 4 rings (SSSR count). The molecule has 0 fully saturated rings. The van der Waals surface area contributed by atoms with Crippen LogP contribution in [0.2, 0.25) is 0 Å². The summed E-state index contributed by atoms with van der Waals surface area (Å²) in [5, 5.41) is 2.86. The molecule has 0 aliphatic rings. The first kappa shape index (κ1) is 29.5. The van der Waals surface area contributed by atoms with Crippen molar-refractivity contribution < 1.29 is 47.7 Å². The third kappa shape index (κ3) is 7.36. The lowest BCUT2D eigenvalue weighted by atomic mass is 10.0. The molecule has 0 saturated carbocycles. The molecule has 0 unspecified atom stereocenters. The zero-order valence-electron chi connectivity index (χ0n) is 22.6. The van der Waals surface area contributed by atoms with E-state index in [0.717, 1.165) is 16.8 Å². The van der Waals surface area contributed by atoms with Gasteiger partial charge in [-0.05, 0) is 77.0 Å². The minimum Gasteiger partial charge on any atom is -0.462 e. The van der Waals surface area contributed by atoms with Crippen LogP contribution < -0.4 is 0 Å². The van der Waals surface area contributed by atoms with Gasteiger partial charge >= 0.3 is 29.8 Å². The van der Waals surface area contributed by atoms with Crippen molar-refractivity contribution in [3.05, 3.63) is 108 Å². The SMILES string of the molecule is C=CC(=O)OCOC(=O)c1ccc2cc(C(=O)OCCOC(=O)c3ccc4cc(C(=O)OCC)ccc4c3)ccc2c1. The second-order valence-corrected chi connectivity index (χ2v) is 8.76. The molecule has 0 aliphatic heterocycles. The maximum absolute atomic E-state index is 12.5. The maximum atomic E-state index is 12.5. The lowest BCUT2D eigenvalue weighted by molar-refractivity contribution is -0.146. The van der Waals surface area contributed by atoms with E-state index in [1.807, 2.05) is 0 Å².